The third-order valence-corrected chi connectivity index (χ3v) is 5.93. The molecule has 2 aliphatic rings. The maximum atomic E-state index is 12.5. The maximum absolute atomic E-state index is 12.5. The van der Waals surface area contributed by atoms with Crippen LogP contribution < -0.4 is 5.32 Å². The van der Waals surface area contributed by atoms with Gasteiger partial charge in [-0.05, 0) is 59.0 Å². The van der Waals surface area contributed by atoms with E-state index in [0.29, 0.717) is 4.88 Å². The molecule has 1 aromatic rings. The molecule has 1 aliphatic carbocycles. The van der Waals surface area contributed by atoms with E-state index in [-0.39, 0.29) is 18.0 Å². The van der Waals surface area contributed by atoms with Gasteiger partial charge in [0.2, 0.25) is 0 Å². The van der Waals surface area contributed by atoms with Crippen molar-refractivity contribution in [3.05, 3.63) is 15.6 Å². The minimum atomic E-state index is -0.467. The number of aryl methyl sites for hydroxylation is 2. The molecule has 122 valence electrons. The van der Waals surface area contributed by atoms with E-state index >= 15 is 0 Å². The van der Waals surface area contributed by atoms with E-state index in [1.165, 1.54) is 24.2 Å². The Hall–Kier alpha value is -0.980. The summed E-state index contributed by atoms with van der Waals surface area (Å²) in [6.45, 7) is 5.93. The highest BCUT2D eigenvalue weighted by Gasteiger charge is 2.37. The largest absolute Gasteiger partial charge is 0.389 e. The molecule has 1 saturated carbocycles. The molecule has 2 N–H and O–H groups in total. The van der Waals surface area contributed by atoms with Crippen LogP contribution in [0.1, 0.15) is 52.5 Å². The zero-order chi connectivity index (χ0) is 15.7. The summed E-state index contributed by atoms with van der Waals surface area (Å²) in [5, 5.41) is 14.6. The quantitative estimate of drug-likeness (QED) is 0.891. The molecule has 1 saturated heterocycles. The molecule has 3 atom stereocenters. The van der Waals surface area contributed by atoms with Crippen molar-refractivity contribution in [2.24, 2.45) is 0 Å². The number of thiazole rings is 1. The Kier molecular flexibility index (Phi) is 4.80. The van der Waals surface area contributed by atoms with Crippen molar-refractivity contribution in [3.8, 4) is 0 Å². The van der Waals surface area contributed by atoms with Gasteiger partial charge in [-0.1, -0.05) is 0 Å². The number of carbonyl (C=O) groups is 1. The average Bonchev–Trinajstić information content (AvgIpc) is 3.10. The topological polar surface area (TPSA) is 65.5 Å². The summed E-state index contributed by atoms with van der Waals surface area (Å²) in [4.78, 5) is 19.8. The average molecular weight is 323 g/mol. The van der Waals surface area contributed by atoms with Crippen LogP contribution in [0, 0.1) is 13.8 Å². The van der Waals surface area contributed by atoms with Crippen LogP contribution in [0.25, 0.3) is 0 Å². The molecule has 0 unspecified atom stereocenters. The molecular weight excluding hydrogens is 298 g/mol. The summed E-state index contributed by atoms with van der Waals surface area (Å²) in [5.41, 5.74) is 0.779. The fourth-order valence-corrected chi connectivity index (χ4v) is 4.58. The smallest absolute Gasteiger partial charge is 0.263 e. The van der Waals surface area contributed by atoms with Gasteiger partial charge in [0.05, 0.1) is 22.8 Å². The Bertz CT molecular complexity index is 539. The molecule has 3 rings (SSSR count). The molecule has 0 aromatic carbocycles. The number of hydrogen-bond donors (Lipinski definition) is 2. The predicted octanol–water partition coefficient (Wildman–Crippen LogP) is 1.87. The number of amides is 1. The monoisotopic (exact) mass is 323 g/mol. The molecule has 0 radical (unpaired) electrons. The van der Waals surface area contributed by atoms with Crippen molar-refractivity contribution in [2.45, 2.75) is 64.1 Å². The van der Waals surface area contributed by atoms with Gasteiger partial charge in [-0.25, -0.2) is 4.98 Å². The van der Waals surface area contributed by atoms with Crippen LogP contribution in [0.15, 0.2) is 0 Å². The van der Waals surface area contributed by atoms with E-state index in [1.54, 1.807) is 0 Å². The zero-order valence-electron chi connectivity index (χ0n) is 13.3. The number of likely N-dealkylation sites (tertiary alicyclic amines) is 1. The van der Waals surface area contributed by atoms with E-state index < -0.39 is 6.10 Å². The molecule has 1 amide bonds. The number of rotatable bonds is 3. The molecule has 1 aliphatic heterocycles. The van der Waals surface area contributed by atoms with Gasteiger partial charge in [-0.3, -0.25) is 9.69 Å². The lowest BCUT2D eigenvalue weighted by Crippen LogP contribution is -2.56. The summed E-state index contributed by atoms with van der Waals surface area (Å²) in [7, 11) is 0. The lowest BCUT2D eigenvalue weighted by atomic mass is 9.87. The standard InChI is InChI=1S/C16H25N3O2S/c1-10-15(22-11(2)17-10)16(21)18-12-6-5-7-13(14(12)20)19-8-3-4-9-19/h12-14,20H,3-9H2,1-2H3,(H,18,21)/t12-,13-,14-/m1/s1. The Balaban J connectivity index is 1.66. The first-order chi connectivity index (χ1) is 10.6. The van der Waals surface area contributed by atoms with Crippen molar-refractivity contribution >= 4 is 17.2 Å². The lowest BCUT2D eigenvalue weighted by molar-refractivity contribution is 0.00708. The normalized spacial score (nSPS) is 29.7. The second-order valence-corrected chi connectivity index (χ2v) is 7.66. The molecule has 0 spiro atoms. The number of hydrogen-bond acceptors (Lipinski definition) is 5. The summed E-state index contributed by atoms with van der Waals surface area (Å²) in [6.07, 6.45) is 4.92. The molecule has 2 heterocycles. The second kappa shape index (κ2) is 6.64. The number of nitrogens with one attached hydrogen (secondary N) is 1. The summed E-state index contributed by atoms with van der Waals surface area (Å²) in [6, 6.07) is 0.0551. The van der Waals surface area contributed by atoms with Crippen LogP contribution in [-0.2, 0) is 0 Å². The summed E-state index contributed by atoms with van der Waals surface area (Å²) in [5.74, 6) is -0.0887. The minimum absolute atomic E-state index is 0.0887. The van der Waals surface area contributed by atoms with Crippen molar-refractivity contribution in [1.29, 1.82) is 0 Å². The van der Waals surface area contributed by atoms with Crippen molar-refractivity contribution < 1.29 is 9.90 Å². The van der Waals surface area contributed by atoms with E-state index in [9.17, 15) is 9.90 Å². The fourth-order valence-electron chi connectivity index (χ4n) is 3.76. The van der Waals surface area contributed by atoms with Gasteiger partial charge >= 0.3 is 0 Å². The highest BCUT2D eigenvalue weighted by Crippen LogP contribution is 2.27. The molecule has 5 nitrogen and oxygen atoms in total. The maximum Gasteiger partial charge on any atom is 0.263 e. The van der Waals surface area contributed by atoms with Crippen LogP contribution >= 0.6 is 11.3 Å². The van der Waals surface area contributed by atoms with Gasteiger partial charge in [-0.15, -0.1) is 11.3 Å². The second-order valence-electron chi connectivity index (χ2n) is 6.46. The third kappa shape index (κ3) is 3.19. The van der Waals surface area contributed by atoms with E-state index in [2.05, 4.69) is 15.2 Å². The van der Waals surface area contributed by atoms with Crippen molar-refractivity contribution in [1.82, 2.24) is 15.2 Å². The van der Waals surface area contributed by atoms with Crippen LogP contribution in [0.4, 0.5) is 0 Å². The number of aliphatic hydroxyl groups excluding tert-OH is 1. The van der Waals surface area contributed by atoms with E-state index in [4.69, 9.17) is 0 Å². The van der Waals surface area contributed by atoms with Crippen LogP contribution in [0.3, 0.4) is 0 Å². The molecule has 0 bridgehead atoms. The van der Waals surface area contributed by atoms with Gasteiger partial charge in [-0.2, -0.15) is 0 Å². The van der Waals surface area contributed by atoms with E-state index in [1.807, 2.05) is 13.8 Å². The summed E-state index contributed by atoms with van der Waals surface area (Å²) >= 11 is 1.42. The summed E-state index contributed by atoms with van der Waals surface area (Å²) < 4.78 is 0. The lowest BCUT2D eigenvalue weighted by Gasteiger charge is -2.40. The fraction of sp³-hybridized carbons (Fsp3) is 0.750. The first-order valence-corrected chi connectivity index (χ1v) is 9.05. The minimum Gasteiger partial charge on any atom is -0.389 e. The first-order valence-electron chi connectivity index (χ1n) is 8.23. The first kappa shape index (κ1) is 15.9. The van der Waals surface area contributed by atoms with Crippen LogP contribution in [0.2, 0.25) is 0 Å². The molecule has 22 heavy (non-hydrogen) atoms. The highest BCUT2D eigenvalue weighted by atomic mass is 32.1. The Morgan fingerprint density at radius 3 is 2.64 bits per heavy atom. The van der Waals surface area contributed by atoms with Gasteiger partial charge in [0.1, 0.15) is 4.88 Å². The van der Waals surface area contributed by atoms with Crippen LogP contribution in [0.5, 0.6) is 0 Å². The highest BCUT2D eigenvalue weighted by molar-refractivity contribution is 7.13. The number of aliphatic hydroxyl groups is 1. The molecule has 1 aromatic heterocycles. The van der Waals surface area contributed by atoms with Crippen LogP contribution in [-0.4, -0.2) is 52.2 Å². The number of nitrogens with zero attached hydrogens (tertiary/aromatic N) is 2. The predicted molar refractivity (Wildman–Crippen MR) is 87.3 cm³/mol. The van der Waals surface area contributed by atoms with E-state index in [0.717, 1.165) is 43.1 Å². The SMILES string of the molecule is Cc1nc(C)c(C(=O)N[C@@H]2CCC[C@@H](N3CCCC3)[C@@H]2O)s1. The number of aromatic nitrogens is 1. The van der Waals surface area contributed by atoms with Gasteiger partial charge in [0, 0.05) is 6.04 Å². The number of carbonyl (C=O) groups excluding carboxylic acids is 1. The molecular formula is C16H25N3O2S. The third-order valence-electron chi connectivity index (χ3n) is 4.86. The Morgan fingerprint density at radius 1 is 1.27 bits per heavy atom. The molecule has 6 heteroatoms. The van der Waals surface area contributed by atoms with Crippen molar-refractivity contribution in [3.63, 3.8) is 0 Å². The van der Waals surface area contributed by atoms with Gasteiger partial charge in [0.25, 0.3) is 5.91 Å². The Morgan fingerprint density at radius 2 is 2.00 bits per heavy atom. The van der Waals surface area contributed by atoms with Gasteiger partial charge < -0.3 is 10.4 Å². The van der Waals surface area contributed by atoms with Gasteiger partial charge in [0.15, 0.2) is 0 Å². The zero-order valence-corrected chi connectivity index (χ0v) is 14.2. The molecule has 2 fully saturated rings. The van der Waals surface area contributed by atoms with Crippen molar-refractivity contribution in [2.75, 3.05) is 13.1 Å². The Labute approximate surface area is 135 Å².